The second kappa shape index (κ2) is 3.97. The van der Waals surface area contributed by atoms with E-state index < -0.39 is 11.2 Å². The zero-order valence-electron chi connectivity index (χ0n) is 7.83. The van der Waals surface area contributed by atoms with Crippen LogP contribution in [0.15, 0.2) is 9.59 Å². The van der Waals surface area contributed by atoms with Gasteiger partial charge in [0.1, 0.15) is 5.82 Å². The van der Waals surface area contributed by atoms with Crippen molar-refractivity contribution >= 4 is 11.5 Å². The number of H-pyrrole nitrogens is 1. The number of nitrogens with zero attached hydrogens (tertiary/aromatic N) is 1. The molecular formula is C7H13N5O2. The molecule has 78 valence electrons. The molecule has 0 aliphatic carbocycles. The highest BCUT2D eigenvalue weighted by Gasteiger charge is 2.09. The lowest BCUT2D eigenvalue weighted by molar-refractivity contribution is 0.642. The lowest BCUT2D eigenvalue weighted by Crippen LogP contribution is -2.35. The molecule has 14 heavy (non-hydrogen) atoms. The summed E-state index contributed by atoms with van der Waals surface area (Å²) in [7, 11) is 0. The fourth-order valence-corrected chi connectivity index (χ4v) is 1.17. The Hall–Kier alpha value is -1.76. The molecule has 0 radical (unpaired) electrons. The summed E-state index contributed by atoms with van der Waals surface area (Å²) in [5, 5.41) is 0. The summed E-state index contributed by atoms with van der Waals surface area (Å²) in [6.07, 6.45) is 0.736. The molecule has 0 aliphatic heterocycles. The minimum atomic E-state index is -0.609. The lowest BCUT2D eigenvalue weighted by Gasteiger charge is -2.10. The Bertz CT molecular complexity index is 433. The topological polar surface area (TPSA) is 119 Å². The van der Waals surface area contributed by atoms with Gasteiger partial charge in [-0.2, -0.15) is 0 Å². The third-order valence-corrected chi connectivity index (χ3v) is 1.83. The summed E-state index contributed by atoms with van der Waals surface area (Å²) in [5.74, 6) is 5.16. The number of aromatic amines is 1. The van der Waals surface area contributed by atoms with Crippen molar-refractivity contribution < 1.29 is 0 Å². The number of hydrogen-bond donors (Lipinski definition) is 4. The minimum absolute atomic E-state index is 0.0121. The summed E-state index contributed by atoms with van der Waals surface area (Å²) in [4.78, 5) is 24.5. The Morgan fingerprint density at radius 3 is 2.64 bits per heavy atom. The normalized spacial score (nSPS) is 10.1. The highest BCUT2D eigenvalue weighted by Crippen LogP contribution is 2.07. The smallest absolute Gasteiger partial charge is 0.330 e. The van der Waals surface area contributed by atoms with Crippen LogP contribution in [0.1, 0.15) is 13.3 Å². The molecule has 0 bridgehead atoms. The molecule has 0 atom stereocenters. The fourth-order valence-electron chi connectivity index (χ4n) is 1.17. The second-order valence-electron chi connectivity index (χ2n) is 2.82. The van der Waals surface area contributed by atoms with Crippen molar-refractivity contribution in [3.63, 3.8) is 0 Å². The second-order valence-corrected chi connectivity index (χ2v) is 2.82. The van der Waals surface area contributed by atoms with E-state index in [0.29, 0.717) is 6.54 Å². The van der Waals surface area contributed by atoms with Gasteiger partial charge in [0.05, 0.1) is 0 Å². The van der Waals surface area contributed by atoms with Gasteiger partial charge in [-0.15, -0.1) is 0 Å². The molecule has 0 aromatic carbocycles. The highest BCUT2D eigenvalue weighted by molar-refractivity contribution is 5.59. The van der Waals surface area contributed by atoms with E-state index in [1.807, 2.05) is 6.92 Å². The summed E-state index contributed by atoms with van der Waals surface area (Å²) < 4.78 is 1.26. The van der Waals surface area contributed by atoms with Crippen LogP contribution < -0.4 is 28.3 Å². The number of rotatable bonds is 3. The van der Waals surface area contributed by atoms with Crippen molar-refractivity contribution in [2.24, 2.45) is 5.84 Å². The summed E-state index contributed by atoms with van der Waals surface area (Å²) >= 11 is 0. The predicted molar refractivity (Wildman–Crippen MR) is 53.8 cm³/mol. The molecule has 1 aromatic rings. The molecule has 1 rings (SSSR count). The van der Waals surface area contributed by atoms with Crippen molar-refractivity contribution in [3.05, 3.63) is 20.8 Å². The van der Waals surface area contributed by atoms with E-state index in [9.17, 15) is 9.59 Å². The first kappa shape index (κ1) is 10.3. The van der Waals surface area contributed by atoms with E-state index in [2.05, 4.69) is 10.4 Å². The maximum absolute atomic E-state index is 11.3. The van der Waals surface area contributed by atoms with Crippen LogP contribution in [0.3, 0.4) is 0 Å². The molecule has 1 heterocycles. The first-order valence-corrected chi connectivity index (χ1v) is 4.21. The molecule has 0 unspecified atom stereocenters. The number of anilines is 2. The van der Waals surface area contributed by atoms with Crippen LogP contribution in [0.2, 0.25) is 0 Å². The molecule has 7 heteroatoms. The van der Waals surface area contributed by atoms with Crippen LogP contribution in [0.4, 0.5) is 11.5 Å². The molecule has 0 amide bonds. The Labute approximate surface area is 79.7 Å². The zero-order chi connectivity index (χ0) is 10.7. The van der Waals surface area contributed by atoms with E-state index in [4.69, 9.17) is 11.6 Å². The van der Waals surface area contributed by atoms with E-state index in [1.54, 1.807) is 0 Å². The lowest BCUT2D eigenvalue weighted by atomic mass is 10.4. The number of nitrogen functional groups attached to an aromatic ring is 2. The Kier molecular flexibility index (Phi) is 2.92. The van der Waals surface area contributed by atoms with Crippen molar-refractivity contribution in [3.8, 4) is 0 Å². The van der Waals surface area contributed by atoms with Crippen molar-refractivity contribution in [1.29, 1.82) is 0 Å². The maximum Gasteiger partial charge on any atom is 0.330 e. The van der Waals surface area contributed by atoms with Crippen LogP contribution in [-0.4, -0.2) is 9.55 Å². The van der Waals surface area contributed by atoms with Gasteiger partial charge in [-0.1, -0.05) is 6.92 Å². The monoisotopic (exact) mass is 199 g/mol. The SMILES string of the molecule is CCCn1c(N)c(NN)c(=O)[nH]c1=O. The number of aromatic nitrogens is 2. The number of hydrazine groups is 1. The van der Waals surface area contributed by atoms with Gasteiger partial charge in [0.15, 0.2) is 5.69 Å². The number of nitrogens with one attached hydrogen (secondary N) is 2. The van der Waals surface area contributed by atoms with Crippen LogP contribution in [0.25, 0.3) is 0 Å². The largest absolute Gasteiger partial charge is 0.383 e. The summed E-state index contributed by atoms with van der Waals surface area (Å²) in [6, 6.07) is 0. The van der Waals surface area contributed by atoms with E-state index in [-0.39, 0.29) is 11.5 Å². The summed E-state index contributed by atoms with van der Waals surface area (Å²) in [5.41, 5.74) is 6.63. The maximum atomic E-state index is 11.3. The summed E-state index contributed by atoms with van der Waals surface area (Å²) in [6.45, 7) is 2.34. The van der Waals surface area contributed by atoms with Gasteiger partial charge >= 0.3 is 5.69 Å². The Morgan fingerprint density at radius 2 is 2.14 bits per heavy atom. The van der Waals surface area contributed by atoms with Crippen LogP contribution in [0.5, 0.6) is 0 Å². The molecule has 0 saturated heterocycles. The van der Waals surface area contributed by atoms with Crippen LogP contribution >= 0.6 is 0 Å². The minimum Gasteiger partial charge on any atom is -0.383 e. The third kappa shape index (κ3) is 1.62. The van der Waals surface area contributed by atoms with E-state index >= 15 is 0 Å². The third-order valence-electron chi connectivity index (χ3n) is 1.83. The zero-order valence-corrected chi connectivity index (χ0v) is 7.83. The van der Waals surface area contributed by atoms with Gasteiger partial charge in [-0.05, 0) is 6.42 Å². The molecule has 1 aromatic heterocycles. The Morgan fingerprint density at radius 1 is 1.50 bits per heavy atom. The van der Waals surface area contributed by atoms with Gasteiger partial charge in [0.2, 0.25) is 0 Å². The molecular weight excluding hydrogens is 186 g/mol. The van der Waals surface area contributed by atoms with E-state index in [1.165, 1.54) is 4.57 Å². The Balaban J connectivity index is 3.44. The van der Waals surface area contributed by atoms with Crippen molar-refractivity contribution in [1.82, 2.24) is 9.55 Å². The molecule has 6 N–H and O–H groups in total. The predicted octanol–water partition coefficient (Wildman–Crippen LogP) is -1.19. The molecule has 0 saturated carbocycles. The molecule has 0 fully saturated rings. The quantitative estimate of drug-likeness (QED) is 0.360. The van der Waals surface area contributed by atoms with Gasteiger partial charge < -0.3 is 11.2 Å². The van der Waals surface area contributed by atoms with Crippen molar-refractivity contribution in [2.45, 2.75) is 19.9 Å². The highest BCUT2D eigenvalue weighted by atomic mass is 16.2. The van der Waals surface area contributed by atoms with Crippen LogP contribution in [0, 0.1) is 0 Å². The van der Waals surface area contributed by atoms with Crippen molar-refractivity contribution in [2.75, 3.05) is 11.2 Å². The van der Waals surface area contributed by atoms with Gasteiger partial charge in [-0.3, -0.25) is 20.2 Å². The fraction of sp³-hybridized carbons (Fsp3) is 0.429. The molecule has 0 spiro atoms. The van der Waals surface area contributed by atoms with Gasteiger partial charge in [0, 0.05) is 6.54 Å². The van der Waals surface area contributed by atoms with Gasteiger partial charge in [-0.25, -0.2) is 4.79 Å². The first-order chi connectivity index (χ1) is 6.61. The average Bonchev–Trinajstić information content (AvgIpc) is 2.12. The first-order valence-electron chi connectivity index (χ1n) is 4.21. The number of nitrogens with two attached hydrogens (primary N) is 2. The van der Waals surface area contributed by atoms with Crippen LogP contribution in [-0.2, 0) is 6.54 Å². The molecule has 7 nitrogen and oxygen atoms in total. The molecule has 0 aliphatic rings. The van der Waals surface area contributed by atoms with Gasteiger partial charge in [0.25, 0.3) is 5.56 Å². The van der Waals surface area contributed by atoms with E-state index in [0.717, 1.165) is 6.42 Å². The number of hydrogen-bond acceptors (Lipinski definition) is 5. The standard InChI is InChI=1S/C7H13N5O2/c1-2-3-12-5(8)4(11-9)6(13)10-7(12)14/h11H,2-3,8-9H2,1H3,(H,10,13,14). The average molecular weight is 199 g/mol.